The highest BCUT2D eigenvalue weighted by Gasteiger charge is 2.21. The Balaban J connectivity index is 2.20. The molecule has 1 aromatic rings. The van der Waals surface area contributed by atoms with Crippen LogP contribution in [0, 0.1) is 6.92 Å². The smallest absolute Gasteiger partial charge is 0.136 e. The summed E-state index contributed by atoms with van der Waals surface area (Å²) in [6.07, 6.45) is 3.52. The normalized spacial score (nSPS) is 23.3. The van der Waals surface area contributed by atoms with Gasteiger partial charge in [0.2, 0.25) is 0 Å². The van der Waals surface area contributed by atoms with Gasteiger partial charge in [-0.05, 0) is 62.3 Å². The van der Waals surface area contributed by atoms with Gasteiger partial charge < -0.3 is 10.6 Å². The summed E-state index contributed by atoms with van der Waals surface area (Å²) in [4.78, 5) is 2.38. The highest BCUT2D eigenvalue weighted by molar-refractivity contribution is 9.10. The van der Waals surface area contributed by atoms with E-state index in [4.69, 9.17) is 5.73 Å². The van der Waals surface area contributed by atoms with E-state index in [0.717, 1.165) is 29.0 Å². The van der Waals surface area contributed by atoms with Crippen molar-refractivity contribution in [3.05, 3.63) is 10.2 Å². The minimum absolute atomic E-state index is 0.454. The number of nitrogens with two attached hydrogens (primary N) is 1. The average Bonchev–Trinajstić information content (AvgIpc) is 2.47. The van der Waals surface area contributed by atoms with Crippen molar-refractivity contribution in [3.63, 3.8) is 0 Å². The summed E-state index contributed by atoms with van der Waals surface area (Å²) in [5, 5.41) is 4.53. The van der Waals surface area contributed by atoms with Crippen LogP contribution >= 0.6 is 15.9 Å². The van der Waals surface area contributed by atoms with Gasteiger partial charge in [0.05, 0.1) is 16.2 Å². The molecule has 1 fully saturated rings. The van der Waals surface area contributed by atoms with Crippen LogP contribution in [0.5, 0.6) is 0 Å². The van der Waals surface area contributed by atoms with Crippen molar-refractivity contribution in [1.82, 2.24) is 14.7 Å². The van der Waals surface area contributed by atoms with Crippen LogP contribution in [0.2, 0.25) is 0 Å². The second kappa shape index (κ2) is 4.75. The molecule has 4 nitrogen and oxygen atoms in total. The monoisotopic (exact) mass is 286 g/mol. The van der Waals surface area contributed by atoms with E-state index in [-0.39, 0.29) is 0 Å². The van der Waals surface area contributed by atoms with Gasteiger partial charge in [0, 0.05) is 0 Å². The predicted molar refractivity (Wildman–Crippen MR) is 69.5 cm³/mol. The van der Waals surface area contributed by atoms with Crippen LogP contribution in [-0.4, -0.2) is 34.8 Å². The molecule has 0 saturated carbocycles. The van der Waals surface area contributed by atoms with Crippen LogP contribution in [0.1, 0.15) is 31.0 Å². The van der Waals surface area contributed by atoms with Crippen molar-refractivity contribution in [2.45, 2.75) is 32.2 Å². The second-order valence-electron chi connectivity index (χ2n) is 4.62. The van der Waals surface area contributed by atoms with Crippen molar-refractivity contribution >= 4 is 21.7 Å². The molecule has 0 amide bonds. The van der Waals surface area contributed by atoms with Gasteiger partial charge in [-0.3, -0.25) is 0 Å². The molecule has 1 atom stereocenters. The number of aromatic nitrogens is 2. The van der Waals surface area contributed by atoms with E-state index < -0.39 is 0 Å². The lowest BCUT2D eigenvalue weighted by molar-refractivity contribution is 0.337. The molecule has 1 unspecified atom stereocenters. The average molecular weight is 287 g/mol. The molecule has 1 aromatic heterocycles. The predicted octanol–water partition coefficient (Wildman–Crippen LogP) is 2.19. The molecule has 0 aliphatic carbocycles. The number of aryl methyl sites for hydroxylation is 1. The fraction of sp³-hybridized carbons (Fsp3) is 0.727. The number of likely N-dealkylation sites (tertiary alicyclic amines) is 1. The van der Waals surface area contributed by atoms with Gasteiger partial charge in [0.1, 0.15) is 5.82 Å². The van der Waals surface area contributed by atoms with Crippen molar-refractivity contribution in [1.29, 1.82) is 0 Å². The lowest BCUT2D eigenvalue weighted by Gasteiger charge is -2.16. The molecule has 2 rings (SSSR count). The zero-order valence-corrected chi connectivity index (χ0v) is 11.5. The maximum Gasteiger partial charge on any atom is 0.136 e. The summed E-state index contributed by atoms with van der Waals surface area (Å²) in [5.41, 5.74) is 7.04. The van der Waals surface area contributed by atoms with Crippen LogP contribution in [0.3, 0.4) is 0 Å². The van der Waals surface area contributed by atoms with E-state index in [1.807, 2.05) is 11.6 Å². The number of hydrogen-bond acceptors (Lipinski definition) is 3. The van der Waals surface area contributed by atoms with Gasteiger partial charge in [-0.15, -0.1) is 0 Å². The third kappa shape index (κ3) is 2.25. The summed E-state index contributed by atoms with van der Waals surface area (Å²) in [5.74, 6) is 0.770. The molecular formula is C11H19BrN4. The molecule has 90 valence electrons. The maximum absolute atomic E-state index is 6.06. The van der Waals surface area contributed by atoms with E-state index in [9.17, 15) is 0 Å². The summed E-state index contributed by atoms with van der Waals surface area (Å²) in [6, 6.07) is 0.454. The van der Waals surface area contributed by atoms with E-state index in [0.29, 0.717) is 6.04 Å². The molecule has 0 aromatic carbocycles. The van der Waals surface area contributed by atoms with Gasteiger partial charge in [0.15, 0.2) is 0 Å². The Hall–Kier alpha value is -0.550. The van der Waals surface area contributed by atoms with E-state index in [1.54, 1.807) is 0 Å². The van der Waals surface area contributed by atoms with Gasteiger partial charge >= 0.3 is 0 Å². The molecule has 16 heavy (non-hydrogen) atoms. The second-order valence-corrected chi connectivity index (χ2v) is 5.41. The summed E-state index contributed by atoms with van der Waals surface area (Å²) in [6.45, 7) is 4.29. The van der Waals surface area contributed by atoms with Gasteiger partial charge in [-0.1, -0.05) is 0 Å². The Kier molecular flexibility index (Phi) is 3.54. The lowest BCUT2D eigenvalue weighted by Crippen LogP contribution is -2.20. The number of nitrogen functional groups attached to an aromatic ring is 1. The summed E-state index contributed by atoms with van der Waals surface area (Å²) in [7, 11) is 2.18. The van der Waals surface area contributed by atoms with Crippen LogP contribution in [0.25, 0.3) is 0 Å². The Labute approximate surface area is 105 Å². The van der Waals surface area contributed by atoms with E-state index in [1.165, 1.54) is 19.4 Å². The number of rotatable bonds is 1. The number of nitrogens with zero attached hydrogens (tertiary/aromatic N) is 3. The highest BCUT2D eigenvalue weighted by Crippen LogP contribution is 2.30. The Bertz CT molecular complexity index is 374. The first-order valence-electron chi connectivity index (χ1n) is 5.78. The third-order valence-electron chi connectivity index (χ3n) is 3.31. The van der Waals surface area contributed by atoms with Crippen LogP contribution in [0.15, 0.2) is 4.47 Å². The molecular weight excluding hydrogens is 268 g/mol. The summed E-state index contributed by atoms with van der Waals surface area (Å²) < 4.78 is 2.95. The fourth-order valence-electron chi connectivity index (χ4n) is 2.29. The van der Waals surface area contributed by atoms with Gasteiger partial charge in [-0.25, -0.2) is 4.68 Å². The molecule has 2 N–H and O–H groups in total. The third-order valence-corrected chi connectivity index (χ3v) is 4.29. The topological polar surface area (TPSA) is 47.1 Å². The Morgan fingerprint density at radius 1 is 1.38 bits per heavy atom. The summed E-state index contributed by atoms with van der Waals surface area (Å²) >= 11 is 3.48. The maximum atomic E-state index is 6.06. The minimum Gasteiger partial charge on any atom is -0.383 e. The molecule has 0 bridgehead atoms. The molecule has 2 heterocycles. The lowest BCUT2D eigenvalue weighted by atomic mass is 10.1. The van der Waals surface area contributed by atoms with Crippen molar-refractivity contribution in [2.24, 2.45) is 0 Å². The van der Waals surface area contributed by atoms with Crippen LogP contribution in [-0.2, 0) is 0 Å². The quantitative estimate of drug-likeness (QED) is 0.861. The zero-order valence-electron chi connectivity index (χ0n) is 9.91. The van der Waals surface area contributed by atoms with Crippen molar-refractivity contribution < 1.29 is 0 Å². The first-order valence-corrected chi connectivity index (χ1v) is 6.57. The Morgan fingerprint density at radius 3 is 2.75 bits per heavy atom. The molecule has 0 spiro atoms. The van der Waals surface area contributed by atoms with Crippen LogP contribution in [0.4, 0.5) is 5.82 Å². The molecule has 0 radical (unpaired) electrons. The van der Waals surface area contributed by atoms with Gasteiger partial charge in [-0.2, -0.15) is 5.10 Å². The van der Waals surface area contributed by atoms with Crippen LogP contribution < -0.4 is 5.73 Å². The molecule has 1 saturated heterocycles. The van der Waals surface area contributed by atoms with E-state index >= 15 is 0 Å². The molecule has 5 heteroatoms. The van der Waals surface area contributed by atoms with Crippen molar-refractivity contribution in [2.75, 3.05) is 25.9 Å². The SMILES string of the molecule is Cc1nn(C2CCCN(C)CC2)c(N)c1Br. The first kappa shape index (κ1) is 11.9. The number of halogens is 1. The molecule has 1 aliphatic rings. The van der Waals surface area contributed by atoms with E-state index in [2.05, 4.69) is 33.0 Å². The largest absolute Gasteiger partial charge is 0.383 e. The van der Waals surface area contributed by atoms with Crippen molar-refractivity contribution in [3.8, 4) is 0 Å². The highest BCUT2D eigenvalue weighted by atomic mass is 79.9. The fourth-order valence-corrected chi connectivity index (χ4v) is 2.55. The number of anilines is 1. The standard InChI is InChI=1S/C11H19BrN4/c1-8-10(12)11(13)16(14-8)9-4-3-6-15(2)7-5-9/h9H,3-7,13H2,1-2H3. The first-order chi connectivity index (χ1) is 7.59. The Morgan fingerprint density at radius 2 is 2.12 bits per heavy atom. The minimum atomic E-state index is 0.454. The number of hydrogen-bond donors (Lipinski definition) is 1. The van der Waals surface area contributed by atoms with Gasteiger partial charge in [0.25, 0.3) is 0 Å². The zero-order chi connectivity index (χ0) is 11.7. The molecule has 1 aliphatic heterocycles.